The minimum absolute atomic E-state index is 0.0128. The fourth-order valence-electron chi connectivity index (χ4n) is 5.27. The Morgan fingerprint density at radius 1 is 1.05 bits per heavy atom. The van der Waals surface area contributed by atoms with Gasteiger partial charge < -0.3 is 19.5 Å². The summed E-state index contributed by atoms with van der Waals surface area (Å²) in [6, 6.07) is 13.7. The summed E-state index contributed by atoms with van der Waals surface area (Å²) in [6.07, 6.45) is 2.82. The highest BCUT2D eigenvalue weighted by molar-refractivity contribution is 7.89. The molecule has 0 unspecified atom stereocenters. The highest BCUT2D eigenvalue weighted by Crippen LogP contribution is 2.35. The van der Waals surface area contributed by atoms with Gasteiger partial charge >= 0.3 is 6.09 Å². The maximum absolute atomic E-state index is 12.7. The van der Waals surface area contributed by atoms with Crippen LogP contribution in [0.1, 0.15) is 63.0 Å². The SMILES string of the molecule is Cc1ccc(OC(=O)N2CCC(Oc3nc4ccc(C5CCN(S(=O)(=O)CCC(C)(C)O)CC5)cc4s3)CC2)cc1. The second kappa shape index (κ2) is 12.2. The van der Waals surface area contributed by atoms with E-state index in [4.69, 9.17) is 9.47 Å². The predicted octanol–water partition coefficient (Wildman–Crippen LogP) is 5.32. The normalized spacial score (nSPS) is 18.1. The van der Waals surface area contributed by atoms with Gasteiger partial charge in [0.05, 0.1) is 21.6 Å². The zero-order valence-corrected chi connectivity index (χ0v) is 25.5. The first-order chi connectivity index (χ1) is 19.4. The number of benzene rings is 2. The molecule has 222 valence electrons. The first-order valence-corrected chi connectivity index (χ1v) is 16.7. The summed E-state index contributed by atoms with van der Waals surface area (Å²) in [6.45, 7) is 7.37. The number of likely N-dealkylation sites (tertiary alicyclic amines) is 1. The molecule has 1 N–H and O–H groups in total. The quantitative estimate of drug-likeness (QED) is 0.372. The van der Waals surface area contributed by atoms with Crippen LogP contribution in [0.15, 0.2) is 42.5 Å². The van der Waals surface area contributed by atoms with Crippen LogP contribution in [0.25, 0.3) is 10.2 Å². The summed E-state index contributed by atoms with van der Waals surface area (Å²) in [5.74, 6) is 0.800. The molecule has 0 radical (unpaired) electrons. The first kappa shape index (κ1) is 29.8. The fourth-order valence-corrected chi connectivity index (χ4v) is 7.98. The van der Waals surface area contributed by atoms with Crippen LogP contribution >= 0.6 is 11.3 Å². The topological polar surface area (TPSA) is 109 Å². The van der Waals surface area contributed by atoms with Crippen molar-refractivity contribution < 1.29 is 27.8 Å². The lowest BCUT2D eigenvalue weighted by molar-refractivity contribution is 0.0768. The number of aromatic nitrogens is 1. The molecule has 0 bridgehead atoms. The van der Waals surface area contributed by atoms with Crippen LogP contribution in [0.4, 0.5) is 4.79 Å². The fraction of sp³-hybridized carbons (Fsp3) is 0.533. The molecule has 2 aromatic carbocycles. The first-order valence-electron chi connectivity index (χ1n) is 14.3. The molecular formula is C30H39N3O6S2. The minimum atomic E-state index is -3.37. The van der Waals surface area contributed by atoms with Crippen LogP contribution < -0.4 is 9.47 Å². The number of sulfonamides is 1. The predicted molar refractivity (Wildman–Crippen MR) is 160 cm³/mol. The molecular weight excluding hydrogens is 562 g/mol. The molecule has 1 aromatic heterocycles. The molecule has 2 saturated heterocycles. The monoisotopic (exact) mass is 601 g/mol. The zero-order chi connectivity index (χ0) is 29.2. The number of piperidine rings is 2. The molecule has 2 aliphatic rings. The summed E-state index contributed by atoms with van der Waals surface area (Å²) in [5, 5.41) is 10.5. The van der Waals surface area contributed by atoms with Crippen LogP contribution in [-0.2, 0) is 10.0 Å². The van der Waals surface area contributed by atoms with Gasteiger partial charge in [0.1, 0.15) is 11.9 Å². The van der Waals surface area contributed by atoms with Crippen molar-refractivity contribution in [2.75, 3.05) is 31.9 Å². The standard InChI is InChI=1S/C30H39N3O6S2/c1-21-4-7-24(8-5-21)39-29(34)32-15-12-25(13-16-32)38-28-31-26-9-6-23(20-27(26)40-28)22-10-17-33(18-11-22)41(36,37)19-14-30(2,3)35/h4-9,20,22,25,35H,10-19H2,1-3H3. The Kier molecular flexibility index (Phi) is 8.89. The number of aryl methyl sites for hydroxylation is 1. The smallest absolute Gasteiger partial charge is 0.415 e. The van der Waals surface area contributed by atoms with E-state index in [-0.39, 0.29) is 30.3 Å². The van der Waals surface area contributed by atoms with Crippen LogP contribution in [0, 0.1) is 6.92 Å². The van der Waals surface area contributed by atoms with Gasteiger partial charge in [-0.3, -0.25) is 0 Å². The van der Waals surface area contributed by atoms with E-state index in [1.165, 1.54) is 16.9 Å². The van der Waals surface area contributed by atoms with E-state index in [9.17, 15) is 18.3 Å². The Balaban J connectivity index is 1.12. The second-order valence-electron chi connectivity index (χ2n) is 11.7. The van der Waals surface area contributed by atoms with Crippen molar-refractivity contribution in [2.45, 2.75) is 70.5 Å². The van der Waals surface area contributed by atoms with Gasteiger partial charge in [-0.25, -0.2) is 22.5 Å². The van der Waals surface area contributed by atoms with Crippen molar-refractivity contribution in [1.29, 1.82) is 0 Å². The van der Waals surface area contributed by atoms with Crippen LogP contribution in [-0.4, -0.2) is 77.4 Å². The number of amides is 1. The van der Waals surface area contributed by atoms with Gasteiger partial charge in [-0.15, -0.1) is 0 Å². The van der Waals surface area contributed by atoms with Gasteiger partial charge in [0, 0.05) is 39.0 Å². The average Bonchev–Trinajstić information content (AvgIpc) is 3.35. The summed E-state index contributed by atoms with van der Waals surface area (Å²) < 4.78 is 39.8. The van der Waals surface area contributed by atoms with Crippen LogP contribution in [0.5, 0.6) is 10.9 Å². The largest absolute Gasteiger partial charge is 0.467 e. The maximum Gasteiger partial charge on any atom is 0.415 e. The number of nitrogens with zero attached hydrogens (tertiary/aromatic N) is 3. The molecule has 3 aromatic rings. The molecule has 0 aliphatic carbocycles. The third-order valence-electron chi connectivity index (χ3n) is 7.88. The Labute approximate surface area is 246 Å². The van der Waals surface area contributed by atoms with E-state index in [0.29, 0.717) is 50.0 Å². The van der Waals surface area contributed by atoms with Crippen molar-refractivity contribution in [3.05, 3.63) is 53.6 Å². The molecule has 2 fully saturated rings. The molecule has 3 heterocycles. The van der Waals surface area contributed by atoms with Gasteiger partial charge in [-0.1, -0.05) is 35.1 Å². The van der Waals surface area contributed by atoms with Gasteiger partial charge in [-0.05, 0) is 75.8 Å². The summed E-state index contributed by atoms with van der Waals surface area (Å²) in [4.78, 5) is 18.9. The number of fused-ring (bicyclic) bond motifs is 1. The molecule has 1 amide bonds. The molecule has 0 saturated carbocycles. The van der Waals surface area contributed by atoms with E-state index < -0.39 is 15.6 Å². The number of rotatable bonds is 8. The summed E-state index contributed by atoms with van der Waals surface area (Å²) >= 11 is 1.52. The van der Waals surface area contributed by atoms with E-state index >= 15 is 0 Å². The van der Waals surface area contributed by atoms with Gasteiger partial charge in [0.25, 0.3) is 5.19 Å². The number of aliphatic hydroxyl groups is 1. The van der Waals surface area contributed by atoms with Gasteiger partial charge in [0.2, 0.25) is 10.0 Å². The molecule has 41 heavy (non-hydrogen) atoms. The number of ether oxygens (including phenoxy) is 2. The van der Waals surface area contributed by atoms with E-state index in [1.807, 2.05) is 25.1 Å². The van der Waals surface area contributed by atoms with Crippen molar-refractivity contribution in [1.82, 2.24) is 14.2 Å². The lowest BCUT2D eigenvalue weighted by Gasteiger charge is -2.32. The molecule has 0 spiro atoms. The van der Waals surface area contributed by atoms with Crippen molar-refractivity contribution >= 4 is 37.7 Å². The van der Waals surface area contributed by atoms with Crippen molar-refractivity contribution in [3.8, 4) is 10.9 Å². The van der Waals surface area contributed by atoms with E-state index in [2.05, 4.69) is 17.1 Å². The second-order valence-corrected chi connectivity index (χ2v) is 14.8. The van der Waals surface area contributed by atoms with E-state index in [1.54, 1.807) is 35.2 Å². The minimum Gasteiger partial charge on any atom is -0.467 e. The lowest BCUT2D eigenvalue weighted by Crippen LogP contribution is -2.43. The van der Waals surface area contributed by atoms with Crippen molar-refractivity contribution in [3.63, 3.8) is 0 Å². The maximum atomic E-state index is 12.7. The zero-order valence-electron chi connectivity index (χ0n) is 23.9. The van der Waals surface area contributed by atoms with Crippen molar-refractivity contribution in [2.24, 2.45) is 0 Å². The molecule has 9 nitrogen and oxygen atoms in total. The van der Waals surface area contributed by atoms with Crippen LogP contribution in [0.3, 0.4) is 0 Å². The third-order valence-corrected chi connectivity index (χ3v) is 10.7. The number of carbonyl (C=O) groups is 1. The molecule has 11 heteroatoms. The Morgan fingerprint density at radius 2 is 1.73 bits per heavy atom. The van der Waals surface area contributed by atoms with Gasteiger partial charge in [0.15, 0.2) is 0 Å². The molecule has 0 atom stereocenters. The molecule has 5 rings (SSSR count). The highest BCUT2D eigenvalue weighted by atomic mass is 32.2. The number of hydrogen-bond acceptors (Lipinski definition) is 8. The molecule has 2 aliphatic heterocycles. The van der Waals surface area contributed by atoms with Gasteiger partial charge in [-0.2, -0.15) is 0 Å². The Morgan fingerprint density at radius 3 is 2.39 bits per heavy atom. The highest BCUT2D eigenvalue weighted by Gasteiger charge is 2.30. The Bertz CT molecular complexity index is 1450. The number of hydrogen-bond donors (Lipinski definition) is 1. The van der Waals surface area contributed by atoms with E-state index in [0.717, 1.165) is 28.6 Å². The summed E-state index contributed by atoms with van der Waals surface area (Å²) in [7, 11) is -3.37. The number of thiazole rings is 1. The summed E-state index contributed by atoms with van der Waals surface area (Å²) in [5.41, 5.74) is 2.20. The third kappa shape index (κ3) is 7.77. The Hall–Kier alpha value is -2.73. The van der Waals surface area contributed by atoms with Crippen LogP contribution in [0.2, 0.25) is 0 Å². The average molecular weight is 602 g/mol. The number of carbonyl (C=O) groups excluding carboxylic acids is 1. The lowest BCUT2D eigenvalue weighted by atomic mass is 9.90.